The number of fused-ring (bicyclic) bond motifs is 7. The summed E-state index contributed by atoms with van der Waals surface area (Å²) < 4.78 is 8.87. The number of benzene rings is 7. The monoisotopic (exact) mass is 696 g/mol. The van der Waals surface area contributed by atoms with Crippen LogP contribution in [-0.2, 0) is 6.42 Å². The average Bonchev–Trinajstić information content (AvgIpc) is 3.79. The maximum Gasteiger partial charge on any atom is 0.164 e. The second-order valence-corrected chi connectivity index (χ2v) is 13.9. The molecule has 0 aliphatic rings. The zero-order valence-electron chi connectivity index (χ0n) is 29.9. The van der Waals surface area contributed by atoms with Gasteiger partial charge in [-0.15, -0.1) is 0 Å². The third-order valence-corrected chi connectivity index (χ3v) is 10.5. The molecule has 10 rings (SSSR count). The van der Waals surface area contributed by atoms with E-state index >= 15 is 0 Å². The Morgan fingerprint density at radius 3 is 1.85 bits per heavy atom. The molecular weight excluding hydrogens is 661 g/mol. The number of nitrogens with zero attached hydrogens (tertiary/aromatic N) is 4. The van der Waals surface area contributed by atoms with E-state index in [9.17, 15) is 0 Å². The van der Waals surface area contributed by atoms with Crippen molar-refractivity contribution < 1.29 is 4.42 Å². The predicted molar refractivity (Wildman–Crippen MR) is 222 cm³/mol. The summed E-state index contributed by atoms with van der Waals surface area (Å²) in [6, 6.07) is 57.3. The lowest BCUT2D eigenvalue weighted by atomic mass is 10.0. The van der Waals surface area contributed by atoms with Crippen LogP contribution in [-0.4, -0.2) is 19.5 Å². The van der Waals surface area contributed by atoms with Crippen molar-refractivity contribution >= 4 is 43.7 Å². The van der Waals surface area contributed by atoms with Gasteiger partial charge in [-0.3, -0.25) is 0 Å². The number of para-hydroxylation sites is 2. The topological polar surface area (TPSA) is 56.7 Å². The fourth-order valence-corrected chi connectivity index (χ4v) is 7.70. The van der Waals surface area contributed by atoms with E-state index in [1.807, 2.05) is 18.2 Å². The van der Waals surface area contributed by atoms with Crippen molar-refractivity contribution in [2.45, 2.75) is 26.2 Å². The summed E-state index contributed by atoms with van der Waals surface area (Å²) in [7, 11) is 0. The number of furan rings is 1. The minimum atomic E-state index is 0.625. The molecular formula is C49H36N4O. The molecule has 3 heterocycles. The summed E-state index contributed by atoms with van der Waals surface area (Å²) >= 11 is 0. The molecule has 0 atom stereocenters. The number of unbranched alkanes of at least 4 members (excludes halogenated alkanes) is 1. The molecule has 0 saturated heterocycles. The summed E-state index contributed by atoms with van der Waals surface area (Å²) in [5, 5.41) is 4.50. The molecule has 0 N–H and O–H groups in total. The van der Waals surface area contributed by atoms with Crippen LogP contribution in [0.1, 0.15) is 25.3 Å². The van der Waals surface area contributed by atoms with E-state index in [2.05, 4.69) is 157 Å². The lowest BCUT2D eigenvalue weighted by molar-refractivity contribution is 0.673. The van der Waals surface area contributed by atoms with Gasteiger partial charge in [0.15, 0.2) is 17.5 Å². The van der Waals surface area contributed by atoms with E-state index < -0.39 is 0 Å². The molecule has 3 aromatic heterocycles. The van der Waals surface area contributed by atoms with Crippen LogP contribution in [0.5, 0.6) is 0 Å². The van der Waals surface area contributed by atoms with Gasteiger partial charge in [-0.1, -0.05) is 141 Å². The molecule has 54 heavy (non-hydrogen) atoms. The Bertz CT molecular complexity index is 2960. The number of rotatable bonds is 8. The molecule has 10 aromatic rings. The summed E-state index contributed by atoms with van der Waals surface area (Å²) in [5.41, 5.74) is 11.5. The molecule has 0 aliphatic heterocycles. The minimum Gasteiger partial charge on any atom is -0.455 e. The summed E-state index contributed by atoms with van der Waals surface area (Å²) in [6.07, 6.45) is 3.41. The van der Waals surface area contributed by atoms with Crippen LogP contribution in [0.4, 0.5) is 0 Å². The predicted octanol–water partition coefficient (Wildman–Crippen LogP) is 12.9. The van der Waals surface area contributed by atoms with Gasteiger partial charge in [0.2, 0.25) is 0 Å². The van der Waals surface area contributed by atoms with Crippen LogP contribution in [0.3, 0.4) is 0 Å². The first-order valence-corrected chi connectivity index (χ1v) is 18.7. The summed E-state index contributed by atoms with van der Waals surface area (Å²) in [5.74, 6) is 1.91. The molecule has 258 valence electrons. The Morgan fingerprint density at radius 2 is 1.09 bits per heavy atom. The lowest BCUT2D eigenvalue weighted by Crippen LogP contribution is -2.01. The first-order chi connectivity index (χ1) is 26.7. The zero-order chi connectivity index (χ0) is 36.0. The second-order valence-electron chi connectivity index (χ2n) is 13.9. The normalized spacial score (nSPS) is 11.6. The third-order valence-electron chi connectivity index (χ3n) is 10.5. The fraction of sp³-hybridized carbons (Fsp3) is 0.0816. The maximum absolute atomic E-state index is 6.55. The van der Waals surface area contributed by atoms with Gasteiger partial charge in [0.25, 0.3) is 0 Å². The number of hydrogen-bond acceptors (Lipinski definition) is 4. The van der Waals surface area contributed by atoms with Crippen molar-refractivity contribution in [3.63, 3.8) is 0 Å². The summed E-state index contributed by atoms with van der Waals surface area (Å²) in [6.45, 7) is 2.23. The summed E-state index contributed by atoms with van der Waals surface area (Å²) in [4.78, 5) is 15.3. The van der Waals surface area contributed by atoms with Crippen molar-refractivity contribution in [1.82, 2.24) is 19.5 Å². The van der Waals surface area contributed by atoms with Crippen molar-refractivity contribution in [2.24, 2.45) is 0 Å². The van der Waals surface area contributed by atoms with Crippen molar-refractivity contribution in [2.75, 3.05) is 0 Å². The Labute approximate surface area is 313 Å². The van der Waals surface area contributed by atoms with E-state index in [0.717, 1.165) is 78.1 Å². The van der Waals surface area contributed by atoms with Gasteiger partial charge in [-0.25, -0.2) is 15.0 Å². The van der Waals surface area contributed by atoms with Crippen molar-refractivity contribution in [3.05, 3.63) is 169 Å². The average molecular weight is 697 g/mol. The molecule has 0 spiro atoms. The zero-order valence-corrected chi connectivity index (χ0v) is 29.9. The number of aryl methyl sites for hydroxylation is 1. The van der Waals surface area contributed by atoms with Gasteiger partial charge in [-0.05, 0) is 65.9 Å². The minimum absolute atomic E-state index is 0.625. The lowest BCUT2D eigenvalue weighted by Gasteiger charge is -2.12. The van der Waals surface area contributed by atoms with Crippen LogP contribution in [0, 0.1) is 0 Å². The van der Waals surface area contributed by atoms with Crippen LogP contribution >= 0.6 is 0 Å². The largest absolute Gasteiger partial charge is 0.455 e. The van der Waals surface area contributed by atoms with Crippen LogP contribution in [0.2, 0.25) is 0 Å². The van der Waals surface area contributed by atoms with E-state index in [1.54, 1.807) is 0 Å². The SMILES string of the molecule is CCCCc1ccc(-c2nc(-c3ccc(-c4ccccc4)cc3)nc(-c3cccc(-n4c5ccccc5c5c6oc7ccccc7c6ccc54)c3)n2)cc1. The molecule has 5 heteroatoms. The van der Waals surface area contributed by atoms with E-state index in [4.69, 9.17) is 19.4 Å². The Balaban J connectivity index is 1.12. The number of hydrogen-bond donors (Lipinski definition) is 0. The molecule has 0 fully saturated rings. The second kappa shape index (κ2) is 13.3. The Hall–Kier alpha value is -6.85. The molecule has 0 bridgehead atoms. The molecule has 0 saturated carbocycles. The highest BCUT2D eigenvalue weighted by atomic mass is 16.3. The third kappa shape index (κ3) is 5.53. The van der Waals surface area contributed by atoms with E-state index in [-0.39, 0.29) is 0 Å². The van der Waals surface area contributed by atoms with Gasteiger partial charge in [0.05, 0.1) is 16.4 Å². The fourth-order valence-electron chi connectivity index (χ4n) is 7.70. The highest BCUT2D eigenvalue weighted by molar-refractivity contribution is 6.23. The van der Waals surface area contributed by atoms with Crippen molar-refractivity contribution in [3.8, 4) is 51.0 Å². The van der Waals surface area contributed by atoms with Gasteiger partial charge in [0.1, 0.15) is 11.2 Å². The molecule has 0 radical (unpaired) electrons. The van der Waals surface area contributed by atoms with E-state index in [0.29, 0.717) is 17.5 Å². The van der Waals surface area contributed by atoms with Gasteiger partial charge in [-0.2, -0.15) is 0 Å². The first-order valence-electron chi connectivity index (χ1n) is 18.7. The molecule has 0 aliphatic carbocycles. The Morgan fingerprint density at radius 1 is 0.481 bits per heavy atom. The van der Waals surface area contributed by atoms with Gasteiger partial charge < -0.3 is 8.98 Å². The van der Waals surface area contributed by atoms with E-state index in [1.165, 1.54) is 24.0 Å². The molecule has 5 nitrogen and oxygen atoms in total. The smallest absolute Gasteiger partial charge is 0.164 e. The maximum atomic E-state index is 6.55. The standard InChI is InChI=1S/C49H36N4O/c1-2-3-12-32-21-23-35(24-22-32)47-50-48(36-27-25-34(26-28-36)33-13-5-4-6-14-33)52-49(51-47)37-15-11-16-38(31-37)53-42-19-9-7-18-41(42)45-43(53)30-29-40-39-17-8-10-20-44(39)54-46(40)45/h4-11,13-31H,2-3,12H2,1H3. The van der Waals surface area contributed by atoms with Crippen LogP contribution < -0.4 is 0 Å². The van der Waals surface area contributed by atoms with Gasteiger partial charge >= 0.3 is 0 Å². The molecule has 0 unspecified atom stereocenters. The Kier molecular flexibility index (Phi) is 7.84. The highest BCUT2D eigenvalue weighted by Crippen LogP contribution is 2.41. The first kappa shape index (κ1) is 31.9. The van der Waals surface area contributed by atoms with Crippen LogP contribution in [0.25, 0.3) is 94.7 Å². The van der Waals surface area contributed by atoms with Crippen LogP contribution in [0.15, 0.2) is 168 Å². The number of aromatic nitrogens is 4. The molecule has 7 aromatic carbocycles. The molecule has 0 amide bonds. The highest BCUT2D eigenvalue weighted by Gasteiger charge is 2.19. The van der Waals surface area contributed by atoms with Gasteiger partial charge in [0, 0.05) is 38.5 Å². The quantitative estimate of drug-likeness (QED) is 0.159. The van der Waals surface area contributed by atoms with Crippen molar-refractivity contribution in [1.29, 1.82) is 0 Å².